The maximum Gasteiger partial charge on any atom is 0.395 e. The lowest BCUT2D eigenvalue weighted by molar-refractivity contribution is -0.535. The molecule has 0 aromatic heterocycles. The van der Waals surface area contributed by atoms with Gasteiger partial charge in [-0.3, -0.25) is 0 Å². The lowest BCUT2D eigenvalue weighted by atomic mass is 9.66. The molecular weight excluding hydrogens is 212 g/mol. The quantitative estimate of drug-likeness (QED) is 0.675. The fraction of sp³-hybridized carbons (Fsp3) is 0.714. The summed E-state index contributed by atoms with van der Waals surface area (Å²) < 4.78 is 7.64. The number of hydrogen-bond donors (Lipinski definition) is 0. The summed E-state index contributed by atoms with van der Waals surface area (Å²) in [5, 5.41) is 0. The van der Waals surface area contributed by atoms with Crippen LogP contribution in [-0.4, -0.2) is 30.0 Å². The number of hydrogen-bond acceptors (Lipinski definition) is 2. The van der Waals surface area contributed by atoms with Crippen molar-refractivity contribution < 1.29 is 9.31 Å². The molecule has 1 fully saturated rings. The molecule has 0 spiro atoms. The number of aliphatic imine (C=N–C) groups is 1. The molecule has 2 unspecified atom stereocenters. The van der Waals surface area contributed by atoms with Crippen molar-refractivity contribution >= 4 is 12.3 Å². The normalized spacial score (nSPS) is 37.3. The third-order valence-corrected chi connectivity index (χ3v) is 4.08. The van der Waals surface area contributed by atoms with Crippen LogP contribution in [0.2, 0.25) is 0 Å². The number of allylic oxidation sites excluding steroid dienone is 1. The first-order valence-corrected chi connectivity index (χ1v) is 6.52. The maximum atomic E-state index is 5.51. The molecule has 0 saturated heterocycles. The Kier molecular flexibility index (Phi) is 3.36. The molecule has 1 aliphatic carbocycles. The van der Waals surface area contributed by atoms with Gasteiger partial charge in [-0.2, -0.15) is 4.58 Å². The topological polar surface area (TPSA) is 24.6 Å². The van der Waals surface area contributed by atoms with Crippen LogP contribution in [-0.2, 0) is 4.74 Å². The zero-order valence-corrected chi connectivity index (χ0v) is 11.5. The molecule has 0 N–H and O–H groups in total. The lowest BCUT2D eigenvalue weighted by Gasteiger charge is -2.39. The van der Waals surface area contributed by atoms with Gasteiger partial charge in [0.1, 0.15) is 7.05 Å². The maximum absolute atomic E-state index is 5.51. The Hall–Kier alpha value is -1.12. The van der Waals surface area contributed by atoms with E-state index in [1.54, 1.807) is 6.40 Å². The van der Waals surface area contributed by atoms with Gasteiger partial charge in [-0.15, -0.1) is 0 Å². The molecule has 2 rings (SSSR count). The molecule has 0 radical (unpaired) electrons. The van der Waals surface area contributed by atoms with Crippen molar-refractivity contribution in [3.63, 3.8) is 0 Å². The van der Waals surface area contributed by atoms with Crippen molar-refractivity contribution in [1.82, 2.24) is 0 Å². The predicted octanol–water partition coefficient (Wildman–Crippen LogP) is 2.67. The zero-order chi connectivity index (χ0) is 12.6. The molecule has 0 amide bonds. The fourth-order valence-electron chi connectivity index (χ4n) is 2.64. The highest BCUT2D eigenvalue weighted by Gasteiger charge is 2.35. The molecule has 2 aliphatic rings. The van der Waals surface area contributed by atoms with Gasteiger partial charge in [0, 0.05) is 0 Å². The molecule has 0 aromatic rings. The molecule has 17 heavy (non-hydrogen) atoms. The Morgan fingerprint density at radius 2 is 2.06 bits per heavy atom. The highest BCUT2D eigenvalue weighted by atomic mass is 16.5. The van der Waals surface area contributed by atoms with Crippen LogP contribution in [0.3, 0.4) is 0 Å². The summed E-state index contributed by atoms with van der Waals surface area (Å²) in [6, 6.07) is 0.423. The van der Waals surface area contributed by atoms with E-state index in [1.807, 2.05) is 0 Å². The summed E-state index contributed by atoms with van der Waals surface area (Å²) in [4.78, 5) is 4.35. The zero-order valence-electron chi connectivity index (χ0n) is 11.5. The molecule has 2 atom stereocenters. The summed E-state index contributed by atoms with van der Waals surface area (Å²) in [7, 11) is 2.05. The highest BCUT2D eigenvalue weighted by Crippen LogP contribution is 2.41. The van der Waals surface area contributed by atoms with Gasteiger partial charge in [0.15, 0.2) is 18.1 Å². The molecule has 1 saturated carbocycles. The van der Waals surface area contributed by atoms with Gasteiger partial charge in [0.25, 0.3) is 0 Å². The Labute approximate surface area is 104 Å². The van der Waals surface area contributed by atoms with Gasteiger partial charge in [-0.05, 0) is 44.1 Å². The van der Waals surface area contributed by atoms with Crippen LogP contribution in [0.1, 0.15) is 34.1 Å². The average molecular weight is 235 g/mol. The van der Waals surface area contributed by atoms with Gasteiger partial charge in [-0.25, -0.2) is 4.99 Å². The predicted molar refractivity (Wildman–Crippen MR) is 70.4 cm³/mol. The Balaban J connectivity index is 2.23. The third-order valence-electron chi connectivity index (χ3n) is 4.08. The first kappa shape index (κ1) is 12.3. The minimum Gasteiger partial charge on any atom is -0.392 e. The molecule has 3 heteroatoms. The van der Waals surface area contributed by atoms with Gasteiger partial charge in [-0.1, -0.05) is 13.8 Å². The first-order valence-electron chi connectivity index (χ1n) is 6.52. The summed E-state index contributed by atoms with van der Waals surface area (Å²) in [5.74, 6) is 3.10. The summed E-state index contributed by atoms with van der Waals surface area (Å²) in [5.41, 5.74) is 1.00. The van der Waals surface area contributed by atoms with Gasteiger partial charge < -0.3 is 4.74 Å². The first-order chi connectivity index (χ1) is 8.00. The van der Waals surface area contributed by atoms with Crippen molar-refractivity contribution in [3.8, 4) is 0 Å². The van der Waals surface area contributed by atoms with Crippen LogP contribution in [0.5, 0.6) is 0 Å². The van der Waals surface area contributed by atoms with Crippen LogP contribution < -0.4 is 0 Å². The molecule has 0 bridgehead atoms. The van der Waals surface area contributed by atoms with E-state index in [9.17, 15) is 0 Å². The second-order valence-electron chi connectivity index (χ2n) is 5.68. The molecule has 3 nitrogen and oxygen atoms in total. The number of nitrogens with zero attached hydrogens (tertiary/aromatic N) is 2. The van der Waals surface area contributed by atoms with Gasteiger partial charge in [0.05, 0.1) is 0 Å². The summed E-state index contributed by atoms with van der Waals surface area (Å²) in [6.07, 6.45) is 5.17. The second kappa shape index (κ2) is 4.63. The second-order valence-corrected chi connectivity index (χ2v) is 5.68. The van der Waals surface area contributed by atoms with E-state index in [1.165, 1.54) is 6.42 Å². The number of ether oxygens (including phenoxy) is 1. The van der Waals surface area contributed by atoms with Crippen molar-refractivity contribution in [2.45, 2.75) is 40.2 Å². The van der Waals surface area contributed by atoms with Crippen LogP contribution in [0.25, 0.3) is 0 Å². The molecule has 1 heterocycles. The van der Waals surface area contributed by atoms with Crippen LogP contribution in [0.4, 0.5) is 0 Å². The average Bonchev–Trinajstić information content (AvgIpc) is 2.73. The molecule has 0 aromatic carbocycles. The Bertz CT molecular complexity index is 385. The largest absolute Gasteiger partial charge is 0.395 e. The van der Waals surface area contributed by atoms with Crippen LogP contribution in [0.15, 0.2) is 16.8 Å². The van der Waals surface area contributed by atoms with Crippen LogP contribution >= 0.6 is 0 Å². The fourth-order valence-corrected chi connectivity index (χ4v) is 2.64. The van der Waals surface area contributed by atoms with Gasteiger partial charge >= 0.3 is 5.90 Å². The minimum atomic E-state index is 0.423. The monoisotopic (exact) mass is 235 g/mol. The third kappa shape index (κ3) is 2.28. The van der Waals surface area contributed by atoms with E-state index in [-0.39, 0.29) is 0 Å². The van der Waals surface area contributed by atoms with E-state index >= 15 is 0 Å². The van der Waals surface area contributed by atoms with E-state index in [2.05, 4.69) is 50.4 Å². The van der Waals surface area contributed by atoms with Crippen molar-refractivity contribution in [3.05, 3.63) is 11.8 Å². The minimum absolute atomic E-state index is 0.423. The lowest BCUT2D eigenvalue weighted by Crippen LogP contribution is -2.32. The smallest absolute Gasteiger partial charge is 0.392 e. The number of rotatable bonds is 2. The molecule has 94 valence electrons. The highest BCUT2D eigenvalue weighted by molar-refractivity contribution is 5.98. The van der Waals surface area contributed by atoms with Gasteiger partial charge in [0.2, 0.25) is 0 Å². The van der Waals surface area contributed by atoms with E-state index in [4.69, 9.17) is 4.74 Å². The Morgan fingerprint density at radius 1 is 1.41 bits per heavy atom. The van der Waals surface area contributed by atoms with E-state index < -0.39 is 0 Å². The van der Waals surface area contributed by atoms with Crippen molar-refractivity contribution in [2.24, 2.45) is 22.7 Å². The summed E-state index contributed by atoms with van der Waals surface area (Å²) >= 11 is 0. The SMILES string of the molecule is CC1CC(C)C1/C=C1/N=COC1=[N+](C)C(C)C. The molecular formula is C14H23N2O+. The van der Waals surface area contributed by atoms with Crippen LogP contribution in [0, 0.1) is 17.8 Å². The van der Waals surface area contributed by atoms with Crippen molar-refractivity contribution in [1.29, 1.82) is 0 Å². The standard InChI is InChI=1S/C14H23N2O/c1-9(2)16(5)14-13(15-8-17-14)7-12-10(3)6-11(12)4/h7-12H,6H2,1-5H3/q+1/b13-7+,16-14?. The van der Waals surface area contributed by atoms with E-state index in [0.29, 0.717) is 12.0 Å². The van der Waals surface area contributed by atoms with E-state index in [0.717, 1.165) is 23.4 Å². The Morgan fingerprint density at radius 3 is 2.59 bits per heavy atom. The summed E-state index contributed by atoms with van der Waals surface area (Å²) in [6.45, 7) is 8.93. The van der Waals surface area contributed by atoms with Crippen molar-refractivity contribution in [2.75, 3.05) is 7.05 Å². The molecule has 1 aliphatic heterocycles.